The highest BCUT2D eigenvalue weighted by Gasteiger charge is 2.23. The molecule has 0 bridgehead atoms. The van der Waals surface area contributed by atoms with Crippen molar-refractivity contribution in [1.82, 2.24) is 0 Å². The Bertz CT molecular complexity index is 433. The van der Waals surface area contributed by atoms with Gasteiger partial charge in [-0.1, -0.05) is 24.4 Å². The number of hydrogen-bond acceptors (Lipinski definition) is 4. The smallest absolute Gasteiger partial charge is 0.293 e. The van der Waals surface area contributed by atoms with Crippen LogP contribution in [0.5, 0.6) is 0 Å². The van der Waals surface area contributed by atoms with Crippen molar-refractivity contribution in [1.29, 1.82) is 0 Å². The van der Waals surface area contributed by atoms with Crippen molar-refractivity contribution in [2.75, 3.05) is 17.6 Å². The van der Waals surface area contributed by atoms with Crippen molar-refractivity contribution in [3.8, 4) is 0 Å². The molecule has 1 aromatic rings. The van der Waals surface area contributed by atoms with Crippen molar-refractivity contribution in [2.24, 2.45) is 0 Å². The van der Waals surface area contributed by atoms with E-state index in [2.05, 4.69) is 0 Å². The van der Waals surface area contributed by atoms with Gasteiger partial charge >= 0.3 is 0 Å². The maximum Gasteiger partial charge on any atom is 0.293 e. The largest absolute Gasteiger partial charge is 0.314 e. The molecule has 1 aliphatic rings. The third-order valence-corrected chi connectivity index (χ3v) is 4.13. The molecule has 1 fully saturated rings. The molecule has 1 aromatic carbocycles. The molecule has 0 N–H and O–H groups in total. The number of benzene rings is 1. The highest BCUT2D eigenvalue weighted by molar-refractivity contribution is 7.99. The minimum Gasteiger partial charge on any atom is -0.314 e. The van der Waals surface area contributed by atoms with Crippen LogP contribution in [-0.4, -0.2) is 18.2 Å². The Hall–Kier alpha value is -1.23. The van der Waals surface area contributed by atoms with Crippen molar-refractivity contribution in [2.45, 2.75) is 25.2 Å². The van der Waals surface area contributed by atoms with E-state index in [4.69, 9.17) is 0 Å². The summed E-state index contributed by atoms with van der Waals surface area (Å²) in [7, 11) is 1.86. The van der Waals surface area contributed by atoms with Gasteiger partial charge in [0.2, 0.25) is 0 Å². The molecule has 0 radical (unpaired) electrons. The van der Waals surface area contributed by atoms with Crippen LogP contribution >= 0.6 is 11.9 Å². The summed E-state index contributed by atoms with van der Waals surface area (Å²) >= 11 is 1.48. The van der Waals surface area contributed by atoms with E-state index in [1.54, 1.807) is 6.07 Å². The predicted molar refractivity (Wildman–Crippen MR) is 71.6 cm³/mol. The minimum atomic E-state index is -0.313. The Labute approximate surface area is 105 Å². The maximum atomic E-state index is 11.0. The van der Waals surface area contributed by atoms with Gasteiger partial charge in [0.15, 0.2) is 0 Å². The van der Waals surface area contributed by atoms with E-state index >= 15 is 0 Å². The summed E-state index contributed by atoms with van der Waals surface area (Å²) in [6.45, 7) is 0. The van der Waals surface area contributed by atoms with E-state index in [1.807, 2.05) is 29.7 Å². The third-order valence-electron chi connectivity index (χ3n) is 3.39. The normalized spacial score (nSPS) is 15.4. The molecular weight excluding hydrogens is 236 g/mol. The number of nitro benzene ring substituents is 1. The van der Waals surface area contributed by atoms with Gasteiger partial charge in [-0.25, -0.2) is 0 Å². The van der Waals surface area contributed by atoms with E-state index < -0.39 is 0 Å². The zero-order valence-electron chi connectivity index (χ0n) is 10.0. The summed E-state index contributed by atoms with van der Waals surface area (Å²) in [5.74, 6) is 0.602. The second kappa shape index (κ2) is 4.96. The minimum absolute atomic E-state index is 0.185. The van der Waals surface area contributed by atoms with Gasteiger partial charge in [-0.2, -0.15) is 0 Å². The number of anilines is 1. The summed E-state index contributed by atoms with van der Waals surface area (Å²) in [4.78, 5) is 10.7. The van der Waals surface area contributed by atoms with Crippen LogP contribution in [0, 0.1) is 10.1 Å². The van der Waals surface area contributed by atoms with Crippen LogP contribution in [0.2, 0.25) is 0 Å². The van der Waals surface area contributed by atoms with Crippen LogP contribution in [-0.2, 0) is 0 Å². The van der Waals surface area contributed by atoms with E-state index in [0.717, 1.165) is 0 Å². The zero-order valence-corrected chi connectivity index (χ0v) is 10.9. The van der Waals surface area contributed by atoms with Crippen molar-refractivity contribution in [3.63, 3.8) is 0 Å². The fraction of sp³-hybridized carbons (Fsp3) is 0.500. The first-order valence-corrected chi connectivity index (χ1v) is 6.88. The molecule has 1 saturated carbocycles. The second-order valence-electron chi connectivity index (χ2n) is 4.31. The number of rotatable bonds is 4. The van der Waals surface area contributed by atoms with Crippen LogP contribution in [0.1, 0.15) is 30.7 Å². The maximum absolute atomic E-state index is 11.0. The molecule has 0 aliphatic heterocycles. The van der Waals surface area contributed by atoms with E-state index in [1.165, 1.54) is 36.8 Å². The lowest BCUT2D eigenvalue weighted by Crippen LogP contribution is -2.12. The van der Waals surface area contributed by atoms with Gasteiger partial charge in [0.1, 0.15) is 5.69 Å². The molecule has 4 nitrogen and oxygen atoms in total. The summed E-state index contributed by atoms with van der Waals surface area (Å²) in [5, 5.41) is 11.0. The fourth-order valence-electron chi connectivity index (χ4n) is 2.04. The molecule has 92 valence electrons. The molecule has 0 heterocycles. The molecule has 0 spiro atoms. The summed E-state index contributed by atoms with van der Waals surface area (Å²) in [6.07, 6.45) is 5.61. The van der Waals surface area contributed by atoms with Crippen molar-refractivity contribution in [3.05, 3.63) is 33.9 Å². The monoisotopic (exact) mass is 252 g/mol. The second-order valence-corrected chi connectivity index (χ2v) is 5.23. The Balaban J connectivity index is 2.38. The topological polar surface area (TPSA) is 46.4 Å². The molecule has 0 atom stereocenters. The van der Waals surface area contributed by atoms with Crippen LogP contribution in [0.15, 0.2) is 18.2 Å². The first-order chi connectivity index (χ1) is 8.13. The standard InChI is InChI=1S/C12H16N2O2S/c1-13(17-2)12-8-10(9-4-3-5-9)6-7-11(12)14(15)16/h6-9H,3-5H2,1-2H3. The number of nitrogens with zero attached hydrogens (tertiary/aromatic N) is 2. The molecule has 0 unspecified atom stereocenters. The summed E-state index contributed by atoms with van der Waals surface area (Å²) in [6, 6.07) is 5.51. The lowest BCUT2D eigenvalue weighted by molar-refractivity contribution is -0.384. The third kappa shape index (κ3) is 2.39. The summed E-state index contributed by atoms with van der Waals surface area (Å²) in [5.41, 5.74) is 2.12. The molecule has 0 saturated heterocycles. The Morgan fingerprint density at radius 2 is 2.18 bits per heavy atom. The SMILES string of the molecule is CSN(C)c1cc(C2CCC2)ccc1[N+](=O)[O-]. The van der Waals surface area contributed by atoms with Gasteiger partial charge in [-0.05, 0) is 30.4 Å². The van der Waals surface area contributed by atoms with E-state index in [9.17, 15) is 10.1 Å². The average Bonchev–Trinajstić information content (AvgIpc) is 2.25. The van der Waals surface area contributed by atoms with Gasteiger partial charge in [0.05, 0.1) is 4.92 Å². The number of nitro groups is 1. The Morgan fingerprint density at radius 1 is 1.47 bits per heavy atom. The molecule has 17 heavy (non-hydrogen) atoms. The first kappa shape index (κ1) is 12.2. The van der Waals surface area contributed by atoms with Crippen molar-refractivity contribution >= 4 is 23.3 Å². The predicted octanol–water partition coefficient (Wildman–Crippen LogP) is 3.58. The van der Waals surface area contributed by atoms with Crippen molar-refractivity contribution < 1.29 is 4.92 Å². The lowest BCUT2D eigenvalue weighted by atomic mass is 9.80. The first-order valence-electron chi connectivity index (χ1n) is 5.69. The van der Waals surface area contributed by atoms with Gasteiger partial charge in [0, 0.05) is 19.4 Å². The number of hydrogen-bond donors (Lipinski definition) is 0. The van der Waals surface area contributed by atoms with Crippen LogP contribution in [0.4, 0.5) is 11.4 Å². The zero-order chi connectivity index (χ0) is 12.4. The van der Waals surface area contributed by atoms with Gasteiger partial charge in [0.25, 0.3) is 5.69 Å². The Morgan fingerprint density at radius 3 is 2.65 bits per heavy atom. The van der Waals surface area contributed by atoms with Gasteiger partial charge in [-0.3, -0.25) is 10.1 Å². The fourth-order valence-corrected chi connectivity index (χ4v) is 2.38. The van der Waals surface area contributed by atoms with Crippen LogP contribution in [0.25, 0.3) is 0 Å². The molecule has 5 heteroatoms. The Kier molecular flexibility index (Phi) is 3.57. The highest BCUT2D eigenvalue weighted by Crippen LogP contribution is 2.40. The van der Waals surface area contributed by atoms with E-state index in [0.29, 0.717) is 11.6 Å². The average molecular weight is 252 g/mol. The van der Waals surface area contributed by atoms with Gasteiger partial charge < -0.3 is 4.31 Å². The van der Waals surface area contributed by atoms with Gasteiger partial charge in [-0.15, -0.1) is 0 Å². The molecule has 1 aliphatic carbocycles. The quantitative estimate of drug-likeness (QED) is 0.467. The lowest BCUT2D eigenvalue weighted by Gasteiger charge is -2.27. The summed E-state index contributed by atoms with van der Waals surface area (Å²) < 4.78 is 1.85. The molecular formula is C12H16N2O2S. The van der Waals surface area contributed by atoms with Crippen LogP contribution in [0.3, 0.4) is 0 Å². The highest BCUT2D eigenvalue weighted by atomic mass is 32.2. The molecule has 0 amide bonds. The van der Waals surface area contributed by atoms with E-state index in [-0.39, 0.29) is 10.6 Å². The molecule has 0 aromatic heterocycles. The molecule has 2 rings (SSSR count). The van der Waals surface area contributed by atoms with Crippen LogP contribution < -0.4 is 4.31 Å².